The SMILES string of the molecule is Ic1ccc(C=Nc2ccc3nc(SCc4ccc5c(c4)Cc4ccccc4-5)sc3c2)cc1. The minimum Gasteiger partial charge on any atom is -0.256 e. The molecule has 6 rings (SSSR count). The molecule has 4 aromatic carbocycles. The number of rotatable bonds is 5. The van der Waals surface area contributed by atoms with Crippen LogP contribution in [-0.4, -0.2) is 11.2 Å². The maximum absolute atomic E-state index is 4.83. The van der Waals surface area contributed by atoms with Crippen LogP contribution in [-0.2, 0) is 12.2 Å². The van der Waals surface area contributed by atoms with E-state index in [0.717, 1.165) is 33.3 Å². The zero-order valence-electron chi connectivity index (χ0n) is 17.7. The minimum absolute atomic E-state index is 0.932. The zero-order valence-corrected chi connectivity index (χ0v) is 21.5. The molecular formula is C28H19IN2S2. The Hall–Kier alpha value is -2.48. The zero-order chi connectivity index (χ0) is 22.2. The van der Waals surface area contributed by atoms with Crippen molar-refractivity contribution in [2.45, 2.75) is 16.5 Å². The molecule has 0 bridgehead atoms. The van der Waals surface area contributed by atoms with Crippen LogP contribution in [0.3, 0.4) is 0 Å². The summed E-state index contributed by atoms with van der Waals surface area (Å²) in [6.45, 7) is 0. The van der Waals surface area contributed by atoms with Crippen molar-refractivity contribution < 1.29 is 0 Å². The molecule has 0 radical (unpaired) electrons. The van der Waals surface area contributed by atoms with Crippen LogP contribution >= 0.6 is 45.7 Å². The van der Waals surface area contributed by atoms with Gasteiger partial charge in [0.25, 0.3) is 0 Å². The summed E-state index contributed by atoms with van der Waals surface area (Å²) in [6, 6.07) is 30.3. The van der Waals surface area contributed by atoms with Crippen molar-refractivity contribution >= 4 is 67.8 Å². The molecule has 1 aromatic heterocycles. The van der Waals surface area contributed by atoms with Crippen LogP contribution < -0.4 is 0 Å². The summed E-state index contributed by atoms with van der Waals surface area (Å²) < 4.78 is 3.51. The average Bonchev–Trinajstić information content (AvgIpc) is 3.42. The van der Waals surface area contributed by atoms with E-state index in [2.05, 4.69) is 106 Å². The topological polar surface area (TPSA) is 25.2 Å². The van der Waals surface area contributed by atoms with Gasteiger partial charge in [0.15, 0.2) is 4.34 Å². The highest BCUT2D eigenvalue weighted by Gasteiger charge is 2.18. The lowest BCUT2D eigenvalue weighted by Crippen LogP contribution is -1.85. The first kappa shape index (κ1) is 21.1. The molecule has 2 nitrogen and oxygen atoms in total. The number of halogens is 1. The number of aromatic nitrogens is 1. The summed E-state index contributed by atoms with van der Waals surface area (Å²) >= 11 is 5.88. The number of nitrogens with zero attached hydrogens (tertiary/aromatic N) is 2. The van der Waals surface area contributed by atoms with Crippen molar-refractivity contribution in [1.29, 1.82) is 0 Å². The van der Waals surface area contributed by atoms with Crippen LogP contribution in [0.5, 0.6) is 0 Å². The minimum atomic E-state index is 0.932. The fourth-order valence-corrected chi connectivity index (χ4v) is 6.57. The predicted molar refractivity (Wildman–Crippen MR) is 150 cm³/mol. The standard InChI is InChI=1S/C28H19IN2S2/c29-22-8-5-18(6-9-22)16-30-23-10-12-26-27(15-23)33-28(31-26)32-17-19-7-11-25-21(13-19)14-20-3-1-2-4-24(20)25/h1-13,15-16H,14,17H2. The lowest BCUT2D eigenvalue weighted by atomic mass is 10.0. The maximum atomic E-state index is 4.83. The van der Waals surface area contributed by atoms with E-state index in [4.69, 9.17) is 4.98 Å². The number of fused-ring (bicyclic) bond motifs is 4. The summed E-state index contributed by atoms with van der Waals surface area (Å²) in [4.78, 5) is 9.48. The second kappa shape index (κ2) is 9.05. The number of thioether (sulfide) groups is 1. The van der Waals surface area contributed by atoms with Crippen molar-refractivity contribution in [2.24, 2.45) is 4.99 Å². The second-order valence-corrected chi connectivity index (χ2v) is 11.6. The Labute approximate surface area is 215 Å². The molecule has 1 aliphatic carbocycles. The van der Waals surface area contributed by atoms with E-state index in [0.29, 0.717) is 0 Å². The van der Waals surface area contributed by atoms with Crippen LogP contribution in [0.4, 0.5) is 5.69 Å². The third kappa shape index (κ3) is 4.50. The van der Waals surface area contributed by atoms with E-state index in [1.165, 1.54) is 36.1 Å². The molecule has 0 fully saturated rings. The van der Waals surface area contributed by atoms with Crippen molar-refractivity contribution in [3.63, 3.8) is 0 Å². The predicted octanol–water partition coefficient (Wildman–Crippen LogP) is 8.52. The van der Waals surface area contributed by atoms with Crippen molar-refractivity contribution in [2.75, 3.05) is 0 Å². The van der Waals surface area contributed by atoms with E-state index in [-0.39, 0.29) is 0 Å². The molecule has 1 aliphatic rings. The molecule has 0 aliphatic heterocycles. The van der Waals surface area contributed by atoms with Gasteiger partial charge in [-0.25, -0.2) is 4.98 Å². The molecule has 5 heteroatoms. The number of benzene rings is 4. The van der Waals surface area contributed by atoms with Gasteiger partial charge < -0.3 is 0 Å². The summed E-state index contributed by atoms with van der Waals surface area (Å²) in [7, 11) is 0. The Morgan fingerprint density at radius 1 is 0.909 bits per heavy atom. The Bertz CT molecular complexity index is 1500. The molecule has 0 unspecified atom stereocenters. The van der Waals surface area contributed by atoms with Gasteiger partial charge in [-0.3, -0.25) is 4.99 Å². The highest BCUT2D eigenvalue weighted by atomic mass is 127. The van der Waals surface area contributed by atoms with Gasteiger partial charge >= 0.3 is 0 Å². The summed E-state index contributed by atoms with van der Waals surface area (Å²) in [5.41, 5.74) is 10.1. The van der Waals surface area contributed by atoms with Crippen molar-refractivity contribution in [3.05, 3.63) is 111 Å². The molecule has 5 aromatic rings. The van der Waals surface area contributed by atoms with E-state index in [1.807, 2.05) is 24.0 Å². The van der Waals surface area contributed by atoms with Crippen molar-refractivity contribution in [3.8, 4) is 11.1 Å². The summed E-state index contributed by atoms with van der Waals surface area (Å²) in [5.74, 6) is 0.932. The molecule has 33 heavy (non-hydrogen) atoms. The van der Waals surface area contributed by atoms with Gasteiger partial charge in [0.05, 0.1) is 15.9 Å². The Balaban J connectivity index is 1.16. The number of aliphatic imine (C=N–C) groups is 1. The molecule has 0 amide bonds. The van der Waals surface area contributed by atoms with Gasteiger partial charge in [-0.1, -0.05) is 66.4 Å². The fourth-order valence-electron chi connectivity index (χ4n) is 4.17. The maximum Gasteiger partial charge on any atom is 0.151 e. The molecule has 0 atom stereocenters. The van der Waals surface area contributed by atoms with Gasteiger partial charge in [0, 0.05) is 15.5 Å². The third-order valence-corrected chi connectivity index (χ3v) is 8.76. The molecule has 1 heterocycles. The fraction of sp³-hybridized carbons (Fsp3) is 0.0714. The van der Waals surface area contributed by atoms with Gasteiger partial charge in [-0.2, -0.15) is 0 Å². The highest BCUT2D eigenvalue weighted by Crippen LogP contribution is 2.38. The molecular weight excluding hydrogens is 555 g/mol. The summed E-state index contributed by atoms with van der Waals surface area (Å²) in [5, 5.41) is 0. The third-order valence-electron chi connectivity index (χ3n) is 5.81. The molecule has 0 saturated heterocycles. The van der Waals surface area contributed by atoms with Gasteiger partial charge in [-0.05, 0) is 92.7 Å². The smallest absolute Gasteiger partial charge is 0.151 e. The lowest BCUT2D eigenvalue weighted by Gasteiger charge is -2.04. The molecule has 0 spiro atoms. The number of thiazole rings is 1. The van der Waals surface area contributed by atoms with Crippen LogP contribution in [0.2, 0.25) is 0 Å². The second-order valence-electron chi connectivity index (χ2n) is 8.06. The number of hydrogen-bond donors (Lipinski definition) is 0. The Morgan fingerprint density at radius 2 is 1.76 bits per heavy atom. The van der Waals surface area contributed by atoms with Crippen LogP contribution in [0.15, 0.2) is 94.3 Å². The number of hydrogen-bond acceptors (Lipinski definition) is 4. The monoisotopic (exact) mass is 574 g/mol. The van der Waals surface area contributed by atoms with Crippen LogP contribution in [0, 0.1) is 3.57 Å². The van der Waals surface area contributed by atoms with E-state index in [9.17, 15) is 0 Å². The first-order valence-corrected chi connectivity index (χ1v) is 13.6. The van der Waals surface area contributed by atoms with Gasteiger partial charge in [-0.15, -0.1) is 11.3 Å². The average molecular weight is 575 g/mol. The molecule has 0 N–H and O–H groups in total. The van der Waals surface area contributed by atoms with Crippen LogP contribution in [0.25, 0.3) is 21.3 Å². The van der Waals surface area contributed by atoms with E-state index < -0.39 is 0 Å². The lowest BCUT2D eigenvalue weighted by molar-refractivity contribution is 1.24. The van der Waals surface area contributed by atoms with Gasteiger partial charge in [0.2, 0.25) is 0 Å². The molecule has 0 saturated carbocycles. The first-order valence-electron chi connectivity index (χ1n) is 10.7. The largest absolute Gasteiger partial charge is 0.256 e. The Morgan fingerprint density at radius 3 is 2.67 bits per heavy atom. The quantitative estimate of drug-likeness (QED) is 0.117. The normalized spacial score (nSPS) is 12.4. The molecule has 160 valence electrons. The highest BCUT2D eigenvalue weighted by molar-refractivity contribution is 14.1. The first-order chi connectivity index (χ1) is 16.2. The van der Waals surface area contributed by atoms with Crippen molar-refractivity contribution in [1.82, 2.24) is 4.98 Å². The van der Waals surface area contributed by atoms with Gasteiger partial charge in [0.1, 0.15) is 0 Å². The van der Waals surface area contributed by atoms with Crippen LogP contribution in [0.1, 0.15) is 22.3 Å². The van der Waals surface area contributed by atoms with E-state index >= 15 is 0 Å². The Kier molecular flexibility index (Phi) is 5.78. The summed E-state index contributed by atoms with van der Waals surface area (Å²) in [6.07, 6.45) is 2.96. The van der Waals surface area contributed by atoms with E-state index in [1.54, 1.807) is 11.3 Å².